The molecule has 0 unspecified atom stereocenters. The monoisotopic (exact) mass is 450 g/mol. The van der Waals surface area contributed by atoms with Gasteiger partial charge in [-0.1, -0.05) is 17.7 Å². The van der Waals surface area contributed by atoms with E-state index in [0.717, 1.165) is 0 Å². The highest BCUT2D eigenvalue weighted by Crippen LogP contribution is 2.45. The summed E-state index contributed by atoms with van der Waals surface area (Å²) >= 11 is 6.11. The first-order chi connectivity index (χ1) is 14.2. The van der Waals surface area contributed by atoms with Crippen LogP contribution in [0, 0.1) is 5.41 Å². The summed E-state index contributed by atoms with van der Waals surface area (Å²) in [5, 5.41) is 0.541. The first kappa shape index (κ1) is 23.4. The van der Waals surface area contributed by atoms with E-state index in [2.05, 4.69) is 0 Å². The summed E-state index contributed by atoms with van der Waals surface area (Å²) < 4.78 is 11.1. The molecule has 2 aliphatic rings. The van der Waals surface area contributed by atoms with Crippen LogP contribution in [-0.2, 0) is 19.1 Å². The number of halogens is 1. The average molecular weight is 451 g/mol. The minimum atomic E-state index is -0.804. The van der Waals surface area contributed by atoms with E-state index in [0.29, 0.717) is 23.7 Å². The Kier molecular flexibility index (Phi) is 6.04. The number of hydrogen-bond acceptors (Lipinski definition) is 5. The van der Waals surface area contributed by atoms with Crippen molar-refractivity contribution in [3.05, 3.63) is 29.3 Å². The molecule has 3 rings (SSSR count). The Morgan fingerprint density at radius 2 is 1.71 bits per heavy atom. The minimum Gasteiger partial charge on any atom is -0.458 e. The van der Waals surface area contributed by atoms with Gasteiger partial charge in [0.25, 0.3) is 0 Å². The fourth-order valence-electron chi connectivity index (χ4n) is 4.17. The lowest BCUT2D eigenvalue weighted by Gasteiger charge is -2.29. The third-order valence-corrected chi connectivity index (χ3v) is 5.49. The van der Waals surface area contributed by atoms with Crippen LogP contribution in [0.15, 0.2) is 24.3 Å². The van der Waals surface area contributed by atoms with Crippen molar-refractivity contribution in [1.82, 2.24) is 4.90 Å². The fraction of sp³-hybridized carbons (Fsp3) is 0.609. The van der Waals surface area contributed by atoms with Crippen molar-refractivity contribution in [3.63, 3.8) is 0 Å². The normalized spacial score (nSPS) is 24.1. The molecule has 0 aromatic heterocycles. The first-order valence-corrected chi connectivity index (χ1v) is 10.8. The highest BCUT2D eigenvalue weighted by atomic mass is 35.5. The maximum Gasteiger partial charge on any atom is 0.411 e. The third kappa shape index (κ3) is 5.50. The van der Waals surface area contributed by atoms with Gasteiger partial charge in [0.1, 0.15) is 17.2 Å². The number of likely N-dealkylation sites (tertiary alicyclic amines) is 1. The number of nitrogens with zero attached hydrogens (tertiary/aromatic N) is 2. The Hall–Kier alpha value is -2.28. The van der Waals surface area contributed by atoms with Gasteiger partial charge in [0.15, 0.2) is 0 Å². The van der Waals surface area contributed by atoms with Crippen molar-refractivity contribution in [1.29, 1.82) is 0 Å². The predicted octanol–water partition coefficient (Wildman–Crippen LogP) is 4.41. The maximum atomic E-state index is 13.0. The highest BCUT2D eigenvalue weighted by Gasteiger charge is 2.56. The lowest BCUT2D eigenvalue weighted by molar-refractivity contribution is -0.160. The van der Waals surface area contributed by atoms with E-state index in [1.54, 1.807) is 64.6 Å². The van der Waals surface area contributed by atoms with Crippen molar-refractivity contribution < 1.29 is 23.9 Å². The van der Waals surface area contributed by atoms with Gasteiger partial charge in [-0.3, -0.25) is 9.69 Å². The Morgan fingerprint density at radius 3 is 2.29 bits per heavy atom. The minimum absolute atomic E-state index is 0.0590. The highest BCUT2D eigenvalue weighted by molar-refractivity contribution is 6.30. The van der Waals surface area contributed by atoms with Gasteiger partial charge >= 0.3 is 12.1 Å². The van der Waals surface area contributed by atoms with Gasteiger partial charge in [-0.2, -0.15) is 0 Å². The number of anilines is 1. The van der Waals surface area contributed by atoms with Crippen molar-refractivity contribution in [2.45, 2.75) is 71.6 Å². The number of amides is 2. The molecular formula is C23H31ClN2O5. The summed E-state index contributed by atoms with van der Waals surface area (Å²) in [5.41, 5.74) is -1.24. The number of carbonyl (C=O) groups is 3. The molecule has 2 heterocycles. The predicted molar refractivity (Wildman–Crippen MR) is 118 cm³/mol. The smallest absolute Gasteiger partial charge is 0.411 e. The molecule has 1 aromatic rings. The largest absolute Gasteiger partial charge is 0.458 e. The van der Waals surface area contributed by atoms with E-state index in [9.17, 15) is 14.4 Å². The summed E-state index contributed by atoms with van der Waals surface area (Å²) in [6.45, 7) is 11.3. The summed E-state index contributed by atoms with van der Waals surface area (Å²) in [7, 11) is 0. The second-order valence-electron chi connectivity index (χ2n) is 10.5. The lowest BCUT2D eigenvalue weighted by atomic mass is 9.84. The molecule has 0 N–H and O–H groups in total. The second-order valence-corrected chi connectivity index (χ2v) is 10.9. The molecule has 0 saturated carbocycles. The molecular weight excluding hydrogens is 420 g/mol. The number of rotatable bonds is 2. The molecule has 31 heavy (non-hydrogen) atoms. The molecule has 1 spiro atoms. The van der Waals surface area contributed by atoms with E-state index < -0.39 is 34.7 Å². The lowest BCUT2D eigenvalue weighted by Crippen LogP contribution is -2.45. The number of benzene rings is 1. The van der Waals surface area contributed by atoms with Crippen LogP contribution in [0.1, 0.15) is 54.4 Å². The van der Waals surface area contributed by atoms with Gasteiger partial charge in [-0.05, 0) is 66.2 Å². The first-order valence-electron chi connectivity index (χ1n) is 10.5. The third-order valence-electron chi connectivity index (χ3n) is 5.26. The summed E-state index contributed by atoms with van der Waals surface area (Å²) in [6, 6.07) is 6.31. The number of esters is 1. The molecule has 1 aromatic carbocycles. The zero-order chi connectivity index (χ0) is 23.2. The molecule has 0 radical (unpaired) electrons. The van der Waals surface area contributed by atoms with Crippen LogP contribution < -0.4 is 4.90 Å². The van der Waals surface area contributed by atoms with Crippen molar-refractivity contribution >= 4 is 35.3 Å². The molecule has 170 valence electrons. The molecule has 2 saturated heterocycles. The standard InChI is InChI=1S/C23H31ClN2O5/c1-21(2,3)30-19(28)17-11-23(14-26(17)20(29)31-22(4,5)6)12-18(27)25(13-23)16-9-7-8-15(24)10-16/h7-10,17H,11-14H2,1-6H3/t17-,23-/m0/s1. The van der Waals surface area contributed by atoms with Crippen LogP contribution in [-0.4, -0.2) is 53.2 Å². The van der Waals surface area contributed by atoms with Gasteiger partial charge in [-0.25, -0.2) is 9.59 Å². The molecule has 2 atom stereocenters. The summed E-state index contributed by atoms with van der Waals surface area (Å²) in [6.07, 6.45) is -0.00360. The van der Waals surface area contributed by atoms with Crippen molar-refractivity contribution in [3.8, 4) is 0 Å². The molecule has 7 nitrogen and oxygen atoms in total. The van der Waals surface area contributed by atoms with Crippen LogP contribution in [0.2, 0.25) is 5.02 Å². The van der Waals surface area contributed by atoms with E-state index in [4.69, 9.17) is 21.1 Å². The van der Waals surface area contributed by atoms with Gasteiger partial charge in [0.05, 0.1) is 0 Å². The van der Waals surface area contributed by atoms with Gasteiger partial charge in [0, 0.05) is 35.6 Å². The molecule has 2 aliphatic heterocycles. The van der Waals surface area contributed by atoms with Gasteiger partial charge < -0.3 is 14.4 Å². The molecule has 8 heteroatoms. The Morgan fingerprint density at radius 1 is 1.06 bits per heavy atom. The Bertz CT molecular complexity index is 851. The van der Waals surface area contributed by atoms with E-state index in [-0.39, 0.29) is 18.9 Å². The van der Waals surface area contributed by atoms with Crippen LogP contribution in [0.25, 0.3) is 0 Å². The zero-order valence-corrected chi connectivity index (χ0v) is 19.8. The Labute approximate surface area is 188 Å². The van der Waals surface area contributed by atoms with Gasteiger partial charge in [-0.15, -0.1) is 0 Å². The summed E-state index contributed by atoms with van der Waals surface area (Å²) in [5.74, 6) is -0.542. The van der Waals surface area contributed by atoms with Gasteiger partial charge in [0.2, 0.25) is 5.91 Å². The average Bonchev–Trinajstić information content (AvgIpc) is 3.12. The number of hydrogen-bond donors (Lipinski definition) is 0. The maximum absolute atomic E-state index is 13.0. The topological polar surface area (TPSA) is 76.2 Å². The molecule has 0 bridgehead atoms. The van der Waals surface area contributed by atoms with E-state index in [1.165, 1.54) is 4.90 Å². The second kappa shape index (κ2) is 8.01. The van der Waals surface area contributed by atoms with E-state index >= 15 is 0 Å². The fourth-order valence-corrected chi connectivity index (χ4v) is 4.35. The van der Waals surface area contributed by atoms with Crippen LogP contribution in [0.4, 0.5) is 10.5 Å². The molecule has 2 fully saturated rings. The van der Waals surface area contributed by atoms with Crippen molar-refractivity contribution in [2.24, 2.45) is 5.41 Å². The molecule has 2 amide bonds. The zero-order valence-electron chi connectivity index (χ0n) is 19.0. The molecule has 0 aliphatic carbocycles. The number of carbonyl (C=O) groups excluding carboxylic acids is 3. The van der Waals surface area contributed by atoms with E-state index in [1.807, 2.05) is 6.07 Å². The SMILES string of the molecule is CC(C)(C)OC(=O)[C@@H]1C[C@@]2(CC(=O)N(c3cccc(Cl)c3)C2)CN1C(=O)OC(C)(C)C. The van der Waals surface area contributed by atoms with Crippen LogP contribution in [0.5, 0.6) is 0 Å². The van der Waals surface area contributed by atoms with Crippen LogP contribution in [0.3, 0.4) is 0 Å². The number of ether oxygens (including phenoxy) is 2. The van der Waals surface area contributed by atoms with Crippen LogP contribution >= 0.6 is 11.6 Å². The quantitative estimate of drug-likeness (QED) is 0.623. The summed E-state index contributed by atoms with van der Waals surface area (Å²) in [4.78, 5) is 41.9. The van der Waals surface area contributed by atoms with Crippen molar-refractivity contribution in [2.75, 3.05) is 18.0 Å². The Balaban J connectivity index is 1.87.